The molecule has 6 heteroatoms. The maximum atomic E-state index is 5.30. The molecule has 1 N–H and O–H groups in total. The van der Waals surface area contributed by atoms with Gasteiger partial charge in [0.1, 0.15) is 0 Å². The maximum absolute atomic E-state index is 5.30. The normalized spacial score (nSPS) is 10.5. The van der Waals surface area contributed by atoms with Gasteiger partial charge in [0.2, 0.25) is 5.88 Å². The van der Waals surface area contributed by atoms with E-state index in [9.17, 15) is 0 Å². The molecule has 0 saturated heterocycles. The fraction of sp³-hybridized carbons (Fsp3) is 0.385. The molecular weight excluding hydrogens is 260 g/mol. The highest BCUT2D eigenvalue weighted by molar-refractivity contribution is 7.15. The highest BCUT2D eigenvalue weighted by Crippen LogP contribution is 2.30. The number of hydrogen-bond acceptors (Lipinski definition) is 6. The average molecular weight is 278 g/mol. The third-order valence-corrected chi connectivity index (χ3v) is 3.77. The molecule has 19 heavy (non-hydrogen) atoms. The van der Waals surface area contributed by atoms with E-state index in [-0.39, 0.29) is 0 Å². The van der Waals surface area contributed by atoms with E-state index in [2.05, 4.69) is 21.4 Å². The molecule has 0 aromatic carbocycles. The lowest BCUT2D eigenvalue weighted by Gasteiger charge is -2.05. The minimum Gasteiger partial charge on any atom is -0.480 e. The second kappa shape index (κ2) is 6.49. The van der Waals surface area contributed by atoms with Gasteiger partial charge in [0.25, 0.3) is 0 Å². The summed E-state index contributed by atoms with van der Waals surface area (Å²) in [5.41, 5.74) is 1.17. The number of nitrogens with one attached hydrogen (secondary N) is 1. The second-order valence-corrected chi connectivity index (χ2v) is 5.35. The smallest absolute Gasteiger partial charge is 0.230 e. The zero-order chi connectivity index (χ0) is 13.7. The van der Waals surface area contributed by atoms with Gasteiger partial charge in [-0.1, -0.05) is 17.4 Å². The summed E-state index contributed by atoms with van der Waals surface area (Å²) in [4.78, 5) is 11.6. The molecule has 0 atom stereocenters. The van der Waals surface area contributed by atoms with Crippen LogP contribution in [0.4, 0.5) is 5.13 Å². The van der Waals surface area contributed by atoms with Crippen LogP contribution in [0, 0.1) is 0 Å². The summed E-state index contributed by atoms with van der Waals surface area (Å²) in [5.74, 6) is 0.701. The summed E-state index contributed by atoms with van der Waals surface area (Å²) in [6.07, 6.45) is 3.64. The van der Waals surface area contributed by atoms with Crippen molar-refractivity contribution in [1.29, 1.82) is 0 Å². The Morgan fingerprint density at radius 3 is 2.84 bits per heavy atom. The summed E-state index contributed by atoms with van der Waals surface area (Å²) in [7, 11) is 5.61. The Morgan fingerprint density at radius 2 is 2.21 bits per heavy atom. The first-order valence-corrected chi connectivity index (χ1v) is 6.83. The van der Waals surface area contributed by atoms with E-state index in [1.54, 1.807) is 24.6 Å². The van der Waals surface area contributed by atoms with Crippen LogP contribution in [0.2, 0.25) is 0 Å². The SMILES string of the molecule is COc1nc(N(C)C)sc1CNCc1cccnc1. The Bertz CT molecular complexity index is 513. The maximum Gasteiger partial charge on any atom is 0.230 e. The number of pyridine rings is 1. The fourth-order valence-corrected chi connectivity index (χ4v) is 2.53. The van der Waals surface area contributed by atoms with Crippen LogP contribution >= 0.6 is 11.3 Å². The van der Waals surface area contributed by atoms with E-state index in [4.69, 9.17) is 4.74 Å². The number of nitrogens with zero attached hydrogens (tertiary/aromatic N) is 3. The van der Waals surface area contributed by atoms with Crippen molar-refractivity contribution in [3.63, 3.8) is 0 Å². The van der Waals surface area contributed by atoms with Crippen molar-refractivity contribution in [3.8, 4) is 5.88 Å². The Hall–Kier alpha value is -1.66. The van der Waals surface area contributed by atoms with Gasteiger partial charge < -0.3 is 15.0 Å². The van der Waals surface area contributed by atoms with Gasteiger partial charge in [-0.15, -0.1) is 0 Å². The zero-order valence-corrected chi connectivity index (χ0v) is 12.2. The number of aromatic nitrogens is 2. The van der Waals surface area contributed by atoms with E-state index >= 15 is 0 Å². The van der Waals surface area contributed by atoms with Crippen molar-refractivity contribution in [2.45, 2.75) is 13.1 Å². The Morgan fingerprint density at radius 1 is 1.37 bits per heavy atom. The Labute approximate surface area is 117 Å². The van der Waals surface area contributed by atoms with Crippen molar-refractivity contribution in [1.82, 2.24) is 15.3 Å². The van der Waals surface area contributed by atoms with Crippen LogP contribution in [0.3, 0.4) is 0 Å². The molecule has 2 heterocycles. The van der Waals surface area contributed by atoms with Gasteiger partial charge in [-0.25, -0.2) is 0 Å². The van der Waals surface area contributed by atoms with Gasteiger partial charge >= 0.3 is 0 Å². The third-order valence-electron chi connectivity index (χ3n) is 2.56. The van der Waals surface area contributed by atoms with E-state index in [1.807, 2.05) is 31.3 Å². The third kappa shape index (κ3) is 3.65. The van der Waals surface area contributed by atoms with Crippen LogP contribution in [0.1, 0.15) is 10.4 Å². The van der Waals surface area contributed by atoms with E-state index in [1.165, 1.54) is 5.56 Å². The van der Waals surface area contributed by atoms with Gasteiger partial charge in [-0.2, -0.15) is 4.98 Å². The summed E-state index contributed by atoms with van der Waals surface area (Å²) in [6, 6.07) is 3.99. The topological polar surface area (TPSA) is 50.3 Å². The summed E-state index contributed by atoms with van der Waals surface area (Å²) in [5, 5.41) is 4.33. The zero-order valence-electron chi connectivity index (χ0n) is 11.4. The molecule has 2 aromatic rings. The quantitative estimate of drug-likeness (QED) is 0.874. The van der Waals surface area contributed by atoms with Gasteiger partial charge in [0, 0.05) is 39.6 Å². The average Bonchev–Trinajstić information content (AvgIpc) is 2.83. The number of ether oxygens (including phenoxy) is 1. The van der Waals surface area contributed by atoms with Gasteiger partial charge in [-0.3, -0.25) is 4.98 Å². The van der Waals surface area contributed by atoms with Crippen molar-refractivity contribution >= 4 is 16.5 Å². The van der Waals surface area contributed by atoms with Crippen LogP contribution in [-0.4, -0.2) is 31.2 Å². The van der Waals surface area contributed by atoms with Gasteiger partial charge in [0.15, 0.2) is 5.13 Å². The molecule has 0 saturated carbocycles. The first-order chi connectivity index (χ1) is 9.20. The largest absolute Gasteiger partial charge is 0.480 e. The molecule has 0 radical (unpaired) electrons. The standard InChI is InChI=1S/C13H18N4OS/c1-17(2)13-16-12(18-3)11(19-13)9-15-8-10-5-4-6-14-7-10/h4-7,15H,8-9H2,1-3H3. The summed E-state index contributed by atoms with van der Waals surface area (Å²) >= 11 is 1.64. The van der Waals surface area contributed by atoms with E-state index < -0.39 is 0 Å². The molecule has 0 aliphatic carbocycles. The van der Waals surface area contributed by atoms with Gasteiger partial charge in [0.05, 0.1) is 12.0 Å². The van der Waals surface area contributed by atoms with Crippen LogP contribution < -0.4 is 15.0 Å². The molecular formula is C13H18N4OS. The predicted octanol–water partition coefficient (Wildman–Crippen LogP) is 1.90. The van der Waals surface area contributed by atoms with Crippen molar-refractivity contribution in [2.24, 2.45) is 0 Å². The lowest BCUT2D eigenvalue weighted by Crippen LogP contribution is -2.12. The first kappa shape index (κ1) is 13.8. The van der Waals surface area contributed by atoms with Crippen molar-refractivity contribution < 1.29 is 4.74 Å². The van der Waals surface area contributed by atoms with Crippen LogP contribution in [0.25, 0.3) is 0 Å². The number of hydrogen-bond donors (Lipinski definition) is 1. The minimum absolute atomic E-state index is 0.701. The molecule has 0 aliphatic heterocycles. The van der Waals surface area contributed by atoms with Crippen molar-refractivity contribution in [3.05, 3.63) is 35.0 Å². The molecule has 2 aromatic heterocycles. The molecule has 2 rings (SSSR count). The highest BCUT2D eigenvalue weighted by Gasteiger charge is 2.12. The van der Waals surface area contributed by atoms with Gasteiger partial charge in [-0.05, 0) is 11.6 Å². The lowest BCUT2D eigenvalue weighted by atomic mass is 10.3. The number of rotatable bonds is 6. The fourth-order valence-electron chi connectivity index (χ4n) is 1.61. The number of anilines is 1. The second-order valence-electron chi connectivity index (χ2n) is 4.29. The van der Waals surface area contributed by atoms with Crippen LogP contribution in [0.5, 0.6) is 5.88 Å². The molecule has 102 valence electrons. The van der Waals surface area contributed by atoms with E-state index in [0.29, 0.717) is 5.88 Å². The molecule has 0 fully saturated rings. The summed E-state index contributed by atoms with van der Waals surface area (Å²) < 4.78 is 5.30. The Kier molecular flexibility index (Phi) is 4.70. The molecule has 0 bridgehead atoms. The monoisotopic (exact) mass is 278 g/mol. The van der Waals surface area contributed by atoms with Crippen LogP contribution in [-0.2, 0) is 13.1 Å². The molecule has 0 spiro atoms. The molecule has 0 unspecified atom stereocenters. The van der Waals surface area contributed by atoms with E-state index in [0.717, 1.165) is 23.1 Å². The molecule has 0 amide bonds. The Balaban J connectivity index is 1.95. The summed E-state index contributed by atoms with van der Waals surface area (Å²) in [6.45, 7) is 1.52. The number of thiazole rings is 1. The lowest BCUT2D eigenvalue weighted by molar-refractivity contribution is 0.394. The molecule has 5 nitrogen and oxygen atoms in total. The minimum atomic E-state index is 0.701. The predicted molar refractivity (Wildman–Crippen MR) is 77.8 cm³/mol. The molecule has 0 aliphatic rings. The number of methoxy groups -OCH3 is 1. The first-order valence-electron chi connectivity index (χ1n) is 6.01. The highest BCUT2D eigenvalue weighted by atomic mass is 32.1. The van der Waals surface area contributed by atoms with Crippen LogP contribution in [0.15, 0.2) is 24.5 Å². The van der Waals surface area contributed by atoms with Crippen molar-refractivity contribution in [2.75, 3.05) is 26.1 Å².